The van der Waals surface area contributed by atoms with E-state index in [2.05, 4.69) is 22.2 Å². The van der Waals surface area contributed by atoms with Crippen molar-refractivity contribution in [2.24, 2.45) is 0 Å². The van der Waals surface area contributed by atoms with Crippen molar-refractivity contribution in [3.63, 3.8) is 0 Å². The molecule has 1 atom stereocenters. The van der Waals surface area contributed by atoms with Gasteiger partial charge in [0, 0.05) is 25.5 Å². The first-order valence-corrected chi connectivity index (χ1v) is 9.84. The minimum atomic E-state index is -0.115. The van der Waals surface area contributed by atoms with Gasteiger partial charge in [0.15, 0.2) is 11.5 Å². The van der Waals surface area contributed by atoms with Gasteiger partial charge in [0.05, 0.1) is 20.8 Å². The summed E-state index contributed by atoms with van der Waals surface area (Å²) < 4.78 is 16.4. The second kappa shape index (κ2) is 9.95. The van der Waals surface area contributed by atoms with E-state index in [0.29, 0.717) is 37.1 Å². The molecule has 2 aromatic rings. The molecule has 1 aliphatic heterocycles. The molecule has 1 aromatic heterocycles. The number of nitrogens with zero attached hydrogens (tertiary/aromatic N) is 3. The summed E-state index contributed by atoms with van der Waals surface area (Å²) in [5.74, 6) is 1.30. The lowest BCUT2D eigenvalue weighted by Gasteiger charge is -2.32. The molecule has 1 N–H and O–H groups in total. The number of aryl methyl sites for hydroxylation is 1. The second-order valence-corrected chi connectivity index (χ2v) is 6.90. The molecule has 156 valence electrons. The van der Waals surface area contributed by atoms with Crippen LogP contribution in [0.25, 0.3) is 0 Å². The van der Waals surface area contributed by atoms with Crippen molar-refractivity contribution in [2.45, 2.75) is 38.8 Å². The highest BCUT2D eigenvalue weighted by atomic mass is 16.5. The predicted molar refractivity (Wildman–Crippen MR) is 108 cm³/mol. The molecule has 0 aliphatic carbocycles. The number of rotatable bonds is 7. The Morgan fingerprint density at radius 2 is 1.93 bits per heavy atom. The van der Waals surface area contributed by atoms with Crippen LogP contribution in [0, 0.1) is 0 Å². The number of benzene rings is 1. The summed E-state index contributed by atoms with van der Waals surface area (Å²) in [5, 5.41) is 2.96. The van der Waals surface area contributed by atoms with E-state index < -0.39 is 0 Å². The Hall–Kier alpha value is -3.03. The zero-order chi connectivity index (χ0) is 20.6. The average Bonchev–Trinajstić information content (AvgIpc) is 2.78. The maximum atomic E-state index is 12.6. The molecule has 0 saturated carbocycles. The fourth-order valence-corrected chi connectivity index (χ4v) is 3.23. The molecule has 3 rings (SSSR count). The maximum absolute atomic E-state index is 12.6. The number of urea groups is 1. The second-order valence-electron chi connectivity index (χ2n) is 6.90. The van der Waals surface area contributed by atoms with Crippen molar-refractivity contribution in [1.29, 1.82) is 0 Å². The van der Waals surface area contributed by atoms with Gasteiger partial charge in [0.2, 0.25) is 0 Å². The van der Waals surface area contributed by atoms with E-state index in [9.17, 15) is 4.79 Å². The van der Waals surface area contributed by atoms with Crippen molar-refractivity contribution in [3.05, 3.63) is 41.7 Å². The lowest BCUT2D eigenvalue weighted by atomic mass is 10.1. The van der Waals surface area contributed by atoms with Crippen LogP contribution in [-0.4, -0.2) is 54.3 Å². The number of piperidine rings is 1. The minimum absolute atomic E-state index is 0.108. The standard InChI is InChI=1S/C21H28N4O4/c1-4-15-11-22-20(23-12-15)29-17-6-5-9-25(14-17)21(26)24-13-16-7-8-18(27-2)19(10-16)28-3/h7-8,10-12,17H,4-6,9,13-14H2,1-3H3,(H,24,26). The monoisotopic (exact) mass is 400 g/mol. The van der Waals surface area contributed by atoms with Crippen molar-refractivity contribution in [3.8, 4) is 17.5 Å². The van der Waals surface area contributed by atoms with Crippen LogP contribution in [-0.2, 0) is 13.0 Å². The molecule has 2 amide bonds. The lowest BCUT2D eigenvalue weighted by molar-refractivity contribution is 0.0937. The highest BCUT2D eigenvalue weighted by molar-refractivity contribution is 5.74. The van der Waals surface area contributed by atoms with E-state index in [1.165, 1.54) is 0 Å². The number of methoxy groups -OCH3 is 2. The number of carbonyl (C=O) groups excluding carboxylic acids is 1. The number of nitrogens with one attached hydrogen (secondary N) is 1. The molecule has 1 fully saturated rings. The fraction of sp³-hybridized carbons (Fsp3) is 0.476. The van der Waals surface area contributed by atoms with Gasteiger partial charge >= 0.3 is 12.0 Å². The van der Waals surface area contributed by atoms with Crippen LogP contribution < -0.4 is 19.5 Å². The normalized spacial score (nSPS) is 16.2. The quantitative estimate of drug-likeness (QED) is 0.769. The molecule has 29 heavy (non-hydrogen) atoms. The molecule has 0 spiro atoms. The smallest absolute Gasteiger partial charge is 0.317 e. The first-order valence-electron chi connectivity index (χ1n) is 9.84. The number of aromatic nitrogens is 2. The molecular weight excluding hydrogens is 372 g/mol. The van der Waals surface area contributed by atoms with Gasteiger partial charge in [0.25, 0.3) is 0 Å². The molecule has 1 unspecified atom stereocenters. The zero-order valence-corrected chi connectivity index (χ0v) is 17.2. The lowest BCUT2D eigenvalue weighted by Crippen LogP contribution is -2.48. The van der Waals surface area contributed by atoms with Crippen LogP contribution in [0.1, 0.15) is 30.9 Å². The maximum Gasteiger partial charge on any atom is 0.317 e. The van der Waals surface area contributed by atoms with E-state index in [4.69, 9.17) is 14.2 Å². The summed E-state index contributed by atoms with van der Waals surface area (Å²) in [6.45, 7) is 3.67. The molecular formula is C21H28N4O4. The summed E-state index contributed by atoms with van der Waals surface area (Å²) in [5.41, 5.74) is 2.00. The van der Waals surface area contributed by atoms with Crippen molar-refractivity contribution in [1.82, 2.24) is 20.2 Å². The van der Waals surface area contributed by atoms with Gasteiger partial charge in [-0.1, -0.05) is 13.0 Å². The average molecular weight is 400 g/mol. The van der Waals surface area contributed by atoms with Gasteiger partial charge in [0.1, 0.15) is 6.10 Å². The van der Waals surface area contributed by atoms with Gasteiger partial charge in [-0.25, -0.2) is 14.8 Å². The van der Waals surface area contributed by atoms with Gasteiger partial charge in [-0.05, 0) is 42.5 Å². The number of ether oxygens (including phenoxy) is 3. The van der Waals surface area contributed by atoms with Crippen LogP contribution in [0.15, 0.2) is 30.6 Å². The zero-order valence-electron chi connectivity index (χ0n) is 17.2. The van der Waals surface area contributed by atoms with E-state index in [1.54, 1.807) is 31.5 Å². The largest absolute Gasteiger partial charge is 0.493 e. The first-order chi connectivity index (χ1) is 14.1. The first kappa shape index (κ1) is 20.7. The third-order valence-electron chi connectivity index (χ3n) is 4.92. The van der Waals surface area contributed by atoms with E-state index in [0.717, 1.165) is 30.4 Å². The summed E-state index contributed by atoms with van der Waals surface area (Å²) >= 11 is 0. The van der Waals surface area contributed by atoms with Crippen LogP contribution in [0.2, 0.25) is 0 Å². The Balaban J connectivity index is 1.52. The Morgan fingerprint density at radius 1 is 1.17 bits per heavy atom. The SMILES string of the molecule is CCc1cnc(OC2CCCN(C(=O)NCc3ccc(OC)c(OC)c3)C2)nc1. The molecule has 1 aromatic carbocycles. The topological polar surface area (TPSA) is 85.8 Å². The van der Waals surface area contributed by atoms with E-state index in [-0.39, 0.29) is 12.1 Å². The summed E-state index contributed by atoms with van der Waals surface area (Å²) in [6.07, 6.45) is 6.08. The van der Waals surface area contributed by atoms with Crippen LogP contribution in [0.4, 0.5) is 4.79 Å². The number of hydrogen-bond acceptors (Lipinski definition) is 6. The van der Waals surface area contributed by atoms with Gasteiger partial charge in [-0.2, -0.15) is 0 Å². The number of hydrogen-bond donors (Lipinski definition) is 1. The molecule has 0 bridgehead atoms. The van der Waals surface area contributed by atoms with Crippen LogP contribution >= 0.6 is 0 Å². The highest BCUT2D eigenvalue weighted by Gasteiger charge is 2.25. The minimum Gasteiger partial charge on any atom is -0.493 e. The Morgan fingerprint density at radius 3 is 2.62 bits per heavy atom. The number of carbonyl (C=O) groups is 1. The summed E-state index contributed by atoms with van der Waals surface area (Å²) in [7, 11) is 3.19. The van der Waals surface area contributed by atoms with Gasteiger partial charge < -0.3 is 24.4 Å². The van der Waals surface area contributed by atoms with Crippen molar-refractivity contribution < 1.29 is 19.0 Å². The summed E-state index contributed by atoms with van der Waals surface area (Å²) in [6, 6.07) is 5.84. The molecule has 8 nitrogen and oxygen atoms in total. The predicted octanol–water partition coefficient (Wildman–Crippen LogP) is 2.81. The number of likely N-dealkylation sites (tertiary alicyclic amines) is 1. The third-order valence-corrected chi connectivity index (χ3v) is 4.92. The Bertz CT molecular complexity index is 813. The summed E-state index contributed by atoms with van der Waals surface area (Å²) in [4.78, 5) is 22.9. The molecule has 1 saturated heterocycles. The molecule has 1 aliphatic rings. The Labute approximate surface area is 171 Å². The molecule has 8 heteroatoms. The van der Waals surface area contributed by atoms with Crippen molar-refractivity contribution >= 4 is 6.03 Å². The fourth-order valence-electron chi connectivity index (χ4n) is 3.23. The van der Waals surface area contributed by atoms with E-state index >= 15 is 0 Å². The van der Waals surface area contributed by atoms with Gasteiger partial charge in [-0.3, -0.25) is 0 Å². The molecule has 2 heterocycles. The van der Waals surface area contributed by atoms with E-state index in [1.807, 2.05) is 18.2 Å². The van der Waals surface area contributed by atoms with Gasteiger partial charge in [-0.15, -0.1) is 0 Å². The Kier molecular flexibility index (Phi) is 7.10. The number of amides is 2. The molecule has 0 radical (unpaired) electrons. The van der Waals surface area contributed by atoms with Crippen LogP contribution in [0.5, 0.6) is 17.5 Å². The highest BCUT2D eigenvalue weighted by Crippen LogP contribution is 2.27. The van der Waals surface area contributed by atoms with Crippen molar-refractivity contribution in [2.75, 3.05) is 27.3 Å². The van der Waals surface area contributed by atoms with Crippen LogP contribution in [0.3, 0.4) is 0 Å². The third kappa shape index (κ3) is 5.49.